The van der Waals surface area contributed by atoms with Gasteiger partial charge in [-0.25, -0.2) is 19.1 Å². The molecule has 3 aromatic heterocycles. The highest BCUT2D eigenvalue weighted by atomic mass is 35.5. The molecule has 216 valence electrons. The molecule has 0 spiro atoms. The highest BCUT2D eigenvalue weighted by Gasteiger charge is 2.39. The monoisotopic (exact) mass is 598 g/mol. The van der Waals surface area contributed by atoms with E-state index in [0.29, 0.717) is 22.0 Å². The number of benzene rings is 2. The van der Waals surface area contributed by atoms with E-state index < -0.39 is 30.4 Å². The second kappa shape index (κ2) is 11.6. The van der Waals surface area contributed by atoms with Crippen LogP contribution < -0.4 is 11.0 Å². The number of halogens is 4. The zero-order chi connectivity index (χ0) is 30.0. The van der Waals surface area contributed by atoms with Crippen molar-refractivity contribution in [3.8, 4) is 17.1 Å². The second-order valence-corrected chi connectivity index (χ2v) is 9.64. The van der Waals surface area contributed by atoms with E-state index in [1.54, 1.807) is 49.5 Å². The van der Waals surface area contributed by atoms with Crippen LogP contribution in [0.4, 0.5) is 18.9 Å². The van der Waals surface area contributed by atoms with Crippen molar-refractivity contribution in [3.05, 3.63) is 106 Å². The average Bonchev–Trinajstić information content (AvgIpc) is 3.53. The van der Waals surface area contributed by atoms with Crippen LogP contribution in [0, 0.1) is 6.92 Å². The van der Waals surface area contributed by atoms with E-state index in [4.69, 9.17) is 11.6 Å². The topological polar surface area (TPSA) is 133 Å². The van der Waals surface area contributed by atoms with E-state index in [9.17, 15) is 27.9 Å². The number of aliphatic hydroxyl groups excluding tert-OH is 1. The minimum Gasteiger partial charge on any atom is -0.382 e. The molecule has 2 aromatic carbocycles. The quantitative estimate of drug-likeness (QED) is 0.277. The number of carbonyl (C=O) groups excluding carboxylic acids is 1. The number of amides is 1. The average molecular weight is 599 g/mol. The maximum atomic E-state index is 13.2. The number of nitrogens with zero attached hydrogens (tertiary/aromatic N) is 7. The van der Waals surface area contributed by atoms with Gasteiger partial charge in [-0.1, -0.05) is 23.7 Å². The predicted octanol–water partition coefficient (Wildman–Crippen LogP) is 3.87. The van der Waals surface area contributed by atoms with Gasteiger partial charge in [0.25, 0.3) is 5.91 Å². The van der Waals surface area contributed by atoms with Crippen LogP contribution in [0.2, 0.25) is 5.02 Å². The number of anilines is 1. The molecule has 5 aromatic rings. The summed E-state index contributed by atoms with van der Waals surface area (Å²) >= 11 is 5.93. The van der Waals surface area contributed by atoms with Gasteiger partial charge in [0.15, 0.2) is 17.8 Å². The molecule has 0 aliphatic carbocycles. The fraction of sp³-hybridized carbons (Fsp3) is 0.185. The molecule has 2 N–H and O–H groups in total. The Morgan fingerprint density at radius 2 is 1.81 bits per heavy atom. The minimum absolute atomic E-state index is 0.0979. The molecule has 0 aliphatic heterocycles. The van der Waals surface area contributed by atoms with Crippen molar-refractivity contribution >= 4 is 23.2 Å². The number of para-hydroxylation sites is 1. The second-order valence-electron chi connectivity index (χ2n) is 9.20. The number of carbonyl (C=O) groups is 1. The molecule has 0 radical (unpaired) electrons. The standard InChI is InChI=1S/C27H22ClF3N8O3/c1-16-12-19(10-11-32-16)34-25(41)20-4-2-3-5-21(20)39-15-33-23(35-39)14-38-26(42)37(13-22(40)27(29,30)31)24(36-38)17-6-8-18(28)9-7-17/h2-12,15,22,40H,13-14H2,1H3,(H,32,34,41)/t22-/m0/s1. The number of aryl methyl sites for hydroxylation is 1. The fourth-order valence-corrected chi connectivity index (χ4v) is 4.23. The van der Waals surface area contributed by atoms with Crippen molar-refractivity contribution in [2.75, 3.05) is 5.32 Å². The molecular formula is C27H22ClF3N8O3. The fourth-order valence-electron chi connectivity index (χ4n) is 4.10. The molecular weight excluding hydrogens is 577 g/mol. The maximum Gasteiger partial charge on any atom is 0.416 e. The van der Waals surface area contributed by atoms with Crippen LogP contribution in [-0.2, 0) is 13.1 Å². The van der Waals surface area contributed by atoms with Gasteiger partial charge in [0.2, 0.25) is 0 Å². The first kappa shape index (κ1) is 28.7. The summed E-state index contributed by atoms with van der Waals surface area (Å²) in [5.74, 6) is -0.410. The van der Waals surface area contributed by atoms with Gasteiger partial charge in [-0.2, -0.15) is 13.2 Å². The van der Waals surface area contributed by atoms with Crippen molar-refractivity contribution < 1.29 is 23.1 Å². The van der Waals surface area contributed by atoms with Gasteiger partial charge >= 0.3 is 11.9 Å². The van der Waals surface area contributed by atoms with Gasteiger partial charge in [0.1, 0.15) is 12.9 Å². The summed E-state index contributed by atoms with van der Waals surface area (Å²) in [4.78, 5) is 34.5. The van der Waals surface area contributed by atoms with Crippen LogP contribution in [0.25, 0.3) is 17.1 Å². The molecule has 5 rings (SSSR count). The van der Waals surface area contributed by atoms with Crippen LogP contribution in [0.3, 0.4) is 0 Å². The Labute approximate surface area is 240 Å². The largest absolute Gasteiger partial charge is 0.416 e. The number of aliphatic hydroxyl groups is 1. The summed E-state index contributed by atoms with van der Waals surface area (Å²) in [5.41, 5.74) is 1.37. The Balaban J connectivity index is 1.44. The zero-order valence-corrected chi connectivity index (χ0v) is 22.6. The third-order valence-electron chi connectivity index (χ3n) is 6.14. The first-order chi connectivity index (χ1) is 20.0. The maximum absolute atomic E-state index is 13.2. The van der Waals surface area contributed by atoms with Gasteiger partial charge < -0.3 is 10.4 Å². The molecule has 0 unspecified atom stereocenters. The number of nitrogens with one attached hydrogen (secondary N) is 1. The predicted molar refractivity (Wildman–Crippen MR) is 146 cm³/mol. The third kappa shape index (κ3) is 6.24. The summed E-state index contributed by atoms with van der Waals surface area (Å²) in [7, 11) is 0. The molecule has 1 atom stereocenters. The zero-order valence-electron chi connectivity index (χ0n) is 21.8. The number of aromatic nitrogens is 7. The van der Waals surface area contributed by atoms with Crippen LogP contribution in [0.1, 0.15) is 21.9 Å². The van der Waals surface area contributed by atoms with E-state index in [1.807, 2.05) is 0 Å². The molecule has 1 amide bonds. The number of pyridine rings is 1. The summed E-state index contributed by atoms with van der Waals surface area (Å²) in [6.45, 7) is 0.430. The van der Waals surface area contributed by atoms with Crippen molar-refractivity contribution in [1.29, 1.82) is 0 Å². The number of alkyl halides is 3. The molecule has 42 heavy (non-hydrogen) atoms. The Bertz CT molecular complexity index is 1800. The smallest absolute Gasteiger partial charge is 0.382 e. The number of hydrogen-bond donors (Lipinski definition) is 2. The SMILES string of the molecule is Cc1cc(NC(=O)c2ccccc2-n2cnc(Cn3nc(-c4ccc(Cl)cc4)n(C[C@H](O)C(F)(F)F)c3=O)n2)ccn1. The van der Waals surface area contributed by atoms with Gasteiger partial charge in [-0.15, -0.1) is 10.2 Å². The van der Waals surface area contributed by atoms with E-state index in [1.165, 1.54) is 35.3 Å². The molecule has 0 saturated carbocycles. The van der Waals surface area contributed by atoms with E-state index in [-0.39, 0.29) is 23.8 Å². The summed E-state index contributed by atoms with van der Waals surface area (Å²) in [5, 5.41) is 21.4. The van der Waals surface area contributed by atoms with Crippen molar-refractivity contribution in [2.24, 2.45) is 0 Å². The third-order valence-corrected chi connectivity index (χ3v) is 6.39. The molecule has 0 fully saturated rings. The lowest BCUT2D eigenvalue weighted by molar-refractivity contribution is -0.207. The normalized spacial score (nSPS) is 12.3. The molecule has 15 heteroatoms. The van der Waals surface area contributed by atoms with Crippen LogP contribution in [0.15, 0.2) is 78.0 Å². The molecule has 0 aliphatic rings. The van der Waals surface area contributed by atoms with E-state index in [2.05, 4.69) is 25.5 Å². The van der Waals surface area contributed by atoms with Crippen LogP contribution >= 0.6 is 11.6 Å². The molecule has 11 nitrogen and oxygen atoms in total. The number of hydrogen-bond acceptors (Lipinski definition) is 7. The lowest BCUT2D eigenvalue weighted by atomic mass is 10.1. The van der Waals surface area contributed by atoms with Gasteiger partial charge in [0, 0.05) is 28.2 Å². The highest BCUT2D eigenvalue weighted by Crippen LogP contribution is 2.24. The van der Waals surface area contributed by atoms with Gasteiger partial charge in [-0.3, -0.25) is 14.3 Å². The van der Waals surface area contributed by atoms with Crippen molar-refractivity contribution in [2.45, 2.75) is 32.3 Å². The lowest BCUT2D eigenvalue weighted by Crippen LogP contribution is -2.37. The number of rotatable bonds is 8. The van der Waals surface area contributed by atoms with Gasteiger partial charge in [-0.05, 0) is 55.5 Å². The van der Waals surface area contributed by atoms with Crippen molar-refractivity contribution in [1.82, 2.24) is 34.1 Å². The molecule has 0 bridgehead atoms. The van der Waals surface area contributed by atoms with Crippen molar-refractivity contribution in [3.63, 3.8) is 0 Å². The minimum atomic E-state index is -4.95. The Morgan fingerprint density at radius 1 is 1.07 bits per heavy atom. The van der Waals surface area contributed by atoms with E-state index >= 15 is 0 Å². The Hall–Kier alpha value is -4.82. The first-order valence-corrected chi connectivity index (χ1v) is 12.8. The Morgan fingerprint density at radius 3 is 2.52 bits per heavy atom. The first-order valence-electron chi connectivity index (χ1n) is 12.4. The van der Waals surface area contributed by atoms with Crippen LogP contribution in [-0.4, -0.2) is 57.4 Å². The van der Waals surface area contributed by atoms with Crippen LogP contribution in [0.5, 0.6) is 0 Å². The lowest BCUT2D eigenvalue weighted by Gasteiger charge is -2.15. The van der Waals surface area contributed by atoms with E-state index in [0.717, 1.165) is 14.9 Å². The molecule has 3 heterocycles. The summed E-state index contributed by atoms with van der Waals surface area (Å²) in [6.07, 6.45) is -4.83. The highest BCUT2D eigenvalue weighted by molar-refractivity contribution is 6.30. The van der Waals surface area contributed by atoms with Gasteiger partial charge in [0.05, 0.1) is 17.8 Å². The Kier molecular flexibility index (Phi) is 7.91. The summed E-state index contributed by atoms with van der Waals surface area (Å²) in [6, 6.07) is 16.0. The molecule has 0 saturated heterocycles. The summed E-state index contributed by atoms with van der Waals surface area (Å²) < 4.78 is 42.4.